The van der Waals surface area contributed by atoms with E-state index in [2.05, 4.69) is 15.6 Å². The highest BCUT2D eigenvalue weighted by molar-refractivity contribution is 8.01. The number of nitrogens with one attached hydrogen (secondary N) is 2. The van der Waals surface area contributed by atoms with Gasteiger partial charge in [0, 0.05) is 40.2 Å². The zero-order valence-corrected chi connectivity index (χ0v) is 13.6. The Balaban J connectivity index is 1.38. The number of hydrogen-bond donors (Lipinski definition) is 2. The van der Waals surface area contributed by atoms with Crippen molar-refractivity contribution in [1.29, 1.82) is 0 Å². The van der Waals surface area contributed by atoms with Gasteiger partial charge in [0.15, 0.2) is 4.34 Å². The summed E-state index contributed by atoms with van der Waals surface area (Å²) in [5.74, 6) is 0.0325. The van der Waals surface area contributed by atoms with E-state index in [1.54, 1.807) is 29.3 Å². The molecule has 4 nitrogen and oxygen atoms in total. The van der Waals surface area contributed by atoms with Crippen LogP contribution in [-0.2, 0) is 0 Å². The standard InChI is InChI=1S/C16H17N3OS2/c20-15(19-14-9-11-3-6-13(14)18-11)10-1-4-12(5-2-10)22-16-17-7-8-21-16/h1-2,4-5,7-8,11,13-14,18H,3,6,9H2,(H,19,20). The van der Waals surface area contributed by atoms with E-state index in [0.29, 0.717) is 12.1 Å². The smallest absolute Gasteiger partial charge is 0.251 e. The maximum Gasteiger partial charge on any atom is 0.251 e. The summed E-state index contributed by atoms with van der Waals surface area (Å²) in [5, 5.41) is 8.68. The zero-order valence-electron chi connectivity index (χ0n) is 12.0. The molecule has 22 heavy (non-hydrogen) atoms. The van der Waals surface area contributed by atoms with E-state index < -0.39 is 0 Å². The van der Waals surface area contributed by atoms with E-state index in [9.17, 15) is 4.79 Å². The molecule has 1 amide bonds. The molecule has 3 unspecified atom stereocenters. The molecule has 2 bridgehead atoms. The molecule has 0 spiro atoms. The van der Waals surface area contributed by atoms with Crippen LogP contribution in [0.15, 0.2) is 45.1 Å². The third kappa shape index (κ3) is 2.91. The molecule has 1 aromatic heterocycles. The Morgan fingerprint density at radius 3 is 2.82 bits per heavy atom. The van der Waals surface area contributed by atoms with Gasteiger partial charge in [0.2, 0.25) is 0 Å². The van der Waals surface area contributed by atoms with Gasteiger partial charge in [0.05, 0.1) is 0 Å². The van der Waals surface area contributed by atoms with Gasteiger partial charge in [-0.15, -0.1) is 11.3 Å². The molecule has 2 N–H and O–H groups in total. The molecule has 2 saturated heterocycles. The van der Waals surface area contributed by atoms with Crippen LogP contribution in [-0.4, -0.2) is 29.0 Å². The van der Waals surface area contributed by atoms with Gasteiger partial charge in [-0.05, 0) is 43.5 Å². The first-order valence-corrected chi connectivity index (χ1v) is 9.22. The number of aromatic nitrogens is 1. The second-order valence-electron chi connectivity index (χ2n) is 5.79. The first-order valence-electron chi connectivity index (χ1n) is 7.52. The third-order valence-corrected chi connectivity index (χ3v) is 6.24. The third-order valence-electron chi connectivity index (χ3n) is 4.35. The van der Waals surface area contributed by atoms with E-state index >= 15 is 0 Å². The predicted octanol–water partition coefficient (Wildman–Crippen LogP) is 2.92. The molecule has 114 valence electrons. The molecule has 3 heterocycles. The Kier molecular flexibility index (Phi) is 3.90. The number of rotatable bonds is 4. The van der Waals surface area contributed by atoms with Crippen molar-refractivity contribution >= 4 is 29.0 Å². The lowest BCUT2D eigenvalue weighted by Crippen LogP contribution is -2.42. The molecular weight excluding hydrogens is 314 g/mol. The number of carbonyl (C=O) groups is 1. The van der Waals surface area contributed by atoms with Crippen LogP contribution in [0.4, 0.5) is 0 Å². The second-order valence-corrected chi connectivity index (χ2v) is 8.00. The van der Waals surface area contributed by atoms with Crippen LogP contribution in [0.5, 0.6) is 0 Å². The average molecular weight is 331 g/mol. The minimum absolute atomic E-state index is 0.0325. The van der Waals surface area contributed by atoms with E-state index in [1.807, 2.05) is 29.6 Å². The Morgan fingerprint density at radius 2 is 2.18 bits per heavy atom. The first-order chi connectivity index (χ1) is 10.8. The van der Waals surface area contributed by atoms with Crippen LogP contribution in [0, 0.1) is 0 Å². The number of nitrogens with zero attached hydrogens (tertiary/aromatic N) is 1. The van der Waals surface area contributed by atoms with Gasteiger partial charge in [-0.2, -0.15) is 0 Å². The van der Waals surface area contributed by atoms with E-state index in [1.165, 1.54) is 12.8 Å². The lowest BCUT2D eigenvalue weighted by atomic mass is 9.95. The number of thiazole rings is 1. The van der Waals surface area contributed by atoms with Crippen LogP contribution in [0.1, 0.15) is 29.6 Å². The van der Waals surface area contributed by atoms with Crippen LogP contribution in [0.25, 0.3) is 0 Å². The largest absolute Gasteiger partial charge is 0.348 e. The summed E-state index contributed by atoms with van der Waals surface area (Å²) in [6.07, 6.45) is 5.30. The predicted molar refractivity (Wildman–Crippen MR) is 88.5 cm³/mol. The van der Waals surface area contributed by atoms with Gasteiger partial charge in [0.25, 0.3) is 5.91 Å². The molecule has 6 heteroatoms. The topological polar surface area (TPSA) is 54.0 Å². The molecule has 2 aliphatic heterocycles. The van der Waals surface area contributed by atoms with Gasteiger partial charge in [-0.3, -0.25) is 4.79 Å². The normalized spacial score (nSPS) is 26.3. The average Bonchev–Trinajstić information content (AvgIpc) is 3.25. The highest BCUT2D eigenvalue weighted by atomic mass is 32.2. The van der Waals surface area contributed by atoms with Crippen molar-refractivity contribution in [3.05, 3.63) is 41.4 Å². The van der Waals surface area contributed by atoms with E-state index in [-0.39, 0.29) is 11.9 Å². The van der Waals surface area contributed by atoms with Gasteiger partial charge in [-0.1, -0.05) is 11.8 Å². The van der Waals surface area contributed by atoms with E-state index in [4.69, 9.17) is 0 Å². The summed E-state index contributed by atoms with van der Waals surface area (Å²) >= 11 is 3.25. The fraction of sp³-hybridized carbons (Fsp3) is 0.375. The number of benzene rings is 1. The summed E-state index contributed by atoms with van der Waals surface area (Å²) < 4.78 is 1.02. The summed E-state index contributed by atoms with van der Waals surface area (Å²) in [6, 6.07) is 9.12. The lowest BCUT2D eigenvalue weighted by molar-refractivity contribution is 0.0931. The molecule has 0 aliphatic carbocycles. The fourth-order valence-electron chi connectivity index (χ4n) is 3.27. The van der Waals surface area contributed by atoms with Crippen molar-refractivity contribution < 1.29 is 4.79 Å². The van der Waals surface area contributed by atoms with Gasteiger partial charge < -0.3 is 10.6 Å². The Bertz CT molecular complexity index is 657. The Morgan fingerprint density at radius 1 is 1.32 bits per heavy atom. The first kappa shape index (κ1) is 14.2. The maximum atomic E-state index is 12.3. The van der Waals surface area contributed by atoms with Crippen molar-refractivity contribution in [2.24, 2.45) is 0 Å². The summed E-state index contributed by atoms with van der Waals surface area (Å²) in [6.45, 7) is 0. The monoisotopic (exact) mass is 331 g/mol. The van der Waals surface area contributed by atoms with Crippen LogP contribution >= 0.6 is 23.1 Å². The summed E-state index contributed by atoms with van der Waals surface area (Å²) in [7, 11) is 0. The van der Waals surface area contributed by atoms with Crippen molar-refractivity contribution in [2.75, 3.05) is 0 Å². The second kappa shape index (κ2) is 6.02. The summed E-state index contributed by atoms with van der Waals surface area (Å²) in [5.41, 5.74) is 0.728. The Hall–Kier alpha value is -1.37. The lowest BCUT2D eigenvalue weighted by Gasteiger charge is -2.21. The van der Waals surface area contributed by atoms with E-state index in [0.717, 1.165) is 21.2 Å². The highest BCUT2D eigenvalue weighted by Gasteiger charge is 2.39. The molecule has 0 saturated carbocycles. The molecule has 1 aromatic carbocycles. The number of carbonyl (C=O) groups excluding carboxylic acids is 1. The van der Waals surface area contributed by atoms with Crippen LogP contribution < -0.4 is 10.6 Å². The number of amides is 1. The molecular formula is C16H17N3OS2. The maximum absolute atomic E-state index is 12.3. The van der Waals surface area contributed by atoms with Crippen molar-refractivity contribution in [2.45, 2.75) is 46.6 Å². The van der Waals surface area contributed by atoms with Crippen molar-refractivity contribution in [3.63, 3.8) is 0 Å². The number of fused-ring (bicyclic) bond motifs is 2. The van der Waals surface area contributed by atoms with Crippen LogP contribution in [0.3, 0.4) is 0 Å². The number of hydrogen-bond acceptors (Lipinski definition) is 5. The molecule has 3 atom stereocenters. The molecule has 4 rings (SSSR count). The van der Waals surface area contributed by atoms with Gasteiger partial charge in [-0.25, -0.2) is 4.98 Å². The van der Waals surface area contributed by atoms with Crippen molar-refractivity contribution in [3.8, 4) is 0 Å². The SMILES string of the molecule is O=C(NC1CC2CCC1N2)c1ccc(Sc2nccs2)cc1. The molecule has 0 radical (unpaired) electrons. The zero-order chi connectivity index (χ0) is 14.9. The Labute approximate surface area is 137 Å². The van der Waals surface area contributed by atoms with Gasteiger partial charge in [0.1, 0.15) is 0 Å². The summed E-state index contributed by atoms with van der Waals surface area (Å²) in [4.78, 5) is 17.7. The minimum Gasteiger partial charge on any atom is -0.348 e. The molecule has 2 aromatic rings. The highest BCUT2D eigenvalue weighted by Crippen LogP contribution is 2.30. The fourth-order valence-corrected chi connectivity index (χ4v) is 4.87. The van der Waals surface area contributed by atoms with Crippen molar-refractivity contribution in [1.82, 2.24) is 15.6 Å². The van der Waals surface area contributed by atoms with Crippen LogP contribution in [0.2, 0.25) is 0 Å². The quantitative estimate of drug-likeness (QED) is 0.904. The molecule has 2 fully saturated rings. The molecule has 2 aliphatic rings. The van der Waals surface area contributed by atoms with Gasteiger partial charge >= 0.3 is 0 Å². The minimum atomic E-state index is 0.0325.